The summed E-state index contributed by atoms with van der Waals surface area (Å²) in [6.07, 6.45) is 2.85. The summed E-state index contributed by atoms with van der Waals surface area (Å²) < 4.78 is 34.0. The highest BCUT2D eigenvalue weighted by Crippen LogP contribution is 2.39. The number of nitriles is 1. The number of imidazole rings is 1. The van der Waals surface area contributed by atoms with Gasteiger partial charge in [0.05, 0.1) is 41.5 Å². The van der Waals surface area contributed by atoms with Crippen LogP contribution >= 0.6 is 12.1 Å². The summed E-state index contributed by atoms with van der Waals surface area (Å²) in [6, 6.07) is 8.36. The number of aromatic hydroxyl groups is 1. The fraction of sp³-hybridized carbons (Fsp3) is 0.0556. The Kier molecular flexibility index (Phi) is 4.37. The van der Waals surface area contributed by atoms with Crippen LogP contribution in [0.3, 0.4) is 0 Å². The molecule has 1 aromatic heterocycles. The van der Waals surface area contributed by atoms with E-state index >= 15 is 4.39 Å². The third kappa shape index (κ3) is 3.12. The van der Waals surface area contributed by atoms with Gasteiger partial charge in [-0.2, -0.15) is 5.26 Å². The molecule has 0 saturated carbocycles. The summed E-state index contributed by atoms with van der Waals surface area (Å²) >= 11 is 0.879. The molecule has 0 aliphatic carbocycles. The van der Waals surface area contributed by atoms with E-state index in [0.29, 0.717) is 5.69 Å². The van der Waals surface area contributed by atoms with Crippen molar-refractivity contribution >= 4 is 23.7 Å². The number of anilines is 1. The summed E-state index contributed by atoms with van der Waals surface area (Å²) in [7, 11) is 0. The topological polar surface area (TPSA) is 94.2 Å². The fourth-order valence-corrected chi connectivity index (χ4v) is 3.53. The van der Waals surface area contributed by atoms with Crippen molar-refractivity contribution in [1.82, 2.24) is 14.3 Å². The number of carbonyl (C=O) groups excluding carboxylic acids is 1. The lowest BCUT2D eigenvalue weighted by Crippen LogP contribution is -2.16. The Hall–Kier alpha value is -3.58. The summed E-state index contributed by atoms with van der Waals surface area (Å²) in [6.45, 7) is -0.104. The molecule has 1 aliphatic heterocycles. The Balaban J connectivity index is 1.75. The molecular formula is C18H11F2N5O2S. The van der Waals surface area contributed by atoms with E-state index in [2.05, 4.69) is 9.71 Å². The third-order valence-electron chi connectivity index (χ3n) is 4.07. The van der Waals surface area contributed by atoms with Crippen LogP contribution in [0.25, 0.3) is 16.9 Å². The van der Waals surface area contributed by atoms with Crippen molar-refractivity contribution in [2.75, 3.05) is 10.8 Å². The maximum atomic E-state index is 15.1. The molecule has 0 radical (unpaired) electrons. The van der Waals surface area contributed by atoms with Crippen LogP contribution in [0, 0.1) is 23.0 Å². The first-order valence-corrected chi connectivity index (χ1v) is 8.74. The molecule has 2 heterocycles. The van der Waals surface area contributed by atoms with E-state index in [0.717, 1.165) is 18.2 Å². The number of rotatable bonds is 3. The number of amides is 1. The van der Waals surface area contributed by atoms with E-state index in [1.54, 1.807) is 0 Å². The second kappa shape index (κ2) is 6.86. The van der Waals surface area contributed by atoms with Gasteiger partial charge in [-0.05, 0) is 30.3 Å². The van der Waals surface area contributed by atoms with Crippen molar-refractivity contribution in [1.29, 1.82) is 5.26 Å². The Labute approximate surface area is 162 Å². The van der Waals surface area contributed by atoms with Crippen LogP contribution < -0.4 is 9.03 Å². The molecule has 28 heavy (non-hydrogen) atoms. The Morgan fingerprint density at radius 1 is 1.29 bits per heavy atom. The molecular weight excluding hydrogens is 388 g/mol. The highest BCUT2D eigenvalue weighted by atomic mass is 32.2. The van der Waals surface area contributed by atoms with Crippen LogP contribution in [0.1, 0.15) is 5.56 Å². The molecule has 0 unspecified atom stereocenters. The molecule has 1 amide bonds. The van der Waals surface area contributed by atoms with Gasteiger partial charge in [0, 0.05) is 11.8 Å². The van der Waals surface area contributed by atoms with Crippen molar-refractivity contribution in [2.45, 2.75) is 0 Å². The predicted molar refractivity (Wildman–Crippen MR) is 98.4 cm³/mol. The van der Waals surface area contributed by atoms with Gasteiger partial charge in [-0.1, -0.05) is 0 Å². The molecule has 2 N–H and O–H groups in total. The van der Waals surface area contributed by atoms with E-state index < -0.39 is 11.6 Å². The van der Waals surface area contributed by atoms with E-state index in [4.69, 9.17) is 5.26 Å². The number of benzene rings is 2. The van der Waals surface area contributed by atoms with E-state index in [9.17, 15) is 14.3 Å². The minimum atomic E-state index is -0.744. The lowest BCUT2D eigenvalue weighted by Gasteiger charge is -2.17. The standard InChI is InChI=1S/C18H11F2N5O2S/c19-11-3-10(6-21)4-12(5-11)24-7-14(22-9-24)13-1-2-15(26)18(17(13)20)25-8-16(27)23-28-25/h1-5,7,9,26H,8H2,(H,23,27). The quantitative estimate of drug-likeness (QED) is 0.658. The molecule has 1 aliphatic rings. The van der Waals surface area contributed by atoms with Crippen LogP contribution in [0.4, 0.5) is 14.5 Å². The van der Waals surface area contributed by atoms with Crippen LogP contribution in [0.15, 0.2) is 42.9 Å². The normalized spacial score (nSPS) is 13.5. The molecule has 10 heteroatoms. The highest BCUT2D eigenvalue weighted by molar-refractivity contribution is 7.99. The molecule has 7 nitrogen and oxygen atoms in total. The van der Waals surface area contributed by atoms with Crippen molar-refractivity contribution in [3.05, 3.63) is 60.1 Å². The van der Waals surface area contributed by atoms with Crippen molar-refractivity contribution in [3.8, 4) is 28.8 Å². The Morgan fingerprint density at radius 2 is 2.11 bits per heavy atom. The van der Waals surface area contributed by atoms with Gasteiger partial charge in [0.2, 0.25) is 0 Å². The minimum Gasteiger partial charge on any atom is -0.506 e. The van der Waals surface area contributed by atoms with Gasteiger partial charge in [0.1, 0.15) is 23.8 Å². The maximum Gasteiger partial charge on any atom is 0.251 e. The SMILES string of the molecule is N#Cc1cc(F)cc(-n2cnc(-c3ccc(O)c(N4CC(=O)NS4)c3F)c2)c1. The summed E-state index contributed by atoms with van der Waals surface area (Å²) in [5.41, 5.74) is 0.715. The van der Waals surface area contributed by atoms with Crippen LogP contribution in [0.5, 0.6) is 5.75 Å². The lowest BCUT2D eigenvalue weighted by atomic mass is 10.1. The lowest BCUT2D eigenvalue weighted by molar-refractivity contribution is -0.117. The molecule has 2 aromatic carbocycles. The number of hydrogen-bond acceptors (Lipinski definition) is 6. The van der Waals surface area contributed by atoms with Crippen LogP contribution in [0.2, 0.25) is 0 Å². The molecule has 140 valence electrons. The summed E-state index contributed by atoms with van der Waals surface area (Å²) in [4.78, 5) is 15.5. The Bertz CT molecular complexity index is 1140. The molecule has 0 spiro atoms. The smallest absolute Gasteiger partial charge is 0.251 e. The number of aromatic nitrogens is 2. The first-order valence-electron chi connectivity index (χ1n) is 7.96. The number of hydrogen-bond donors (Lipinski definition) is 2. The largest absolute Gasteiger partial charge is 0.506 e. The number of phenolic OH excluding ortho intramolecular Hbond substituents is 1. The number of carbonyl (C=O) groups is 1. The molecule has 0 bridgehead atoms. The zero-order chi connectivity index (χ0) is 19.8. The average Bonchev–Trinajstić information content (AvgIpc) is 3.31. The van der Waals surface area contributed by atoms with Gasteiger partial charge in [0.15, 0.2) is 5.82 Å². The molecule has 4 rings (SSSR count). The predicted octanol–water partition coefficient (Wildman–Crippen LogP) is 2.89. The molecule has 0 atom stereocenters. The summed E-state index contributed by atoms with van der Waals surface area (Å²) in [5, 5.41) is 19.0. The number of nitrogens with one attached hydrogen (secondary N) is 1. The van der Waals surface area contributed by atoms with Crippen molar-refractivity contribution in [3.63, 3.8) is 0 Å². The van der Waals surface area contributed by atoms with Gasteiger partial charge in [-0.15, -0.1) is 0 Å². The van der Waals surface area contributed by atoms with Gasteiger partial charge >= 0.3 is 0 Å². The minimum absolute atomic E-state index is 0.100. The fourth-order valence-electron chi connectivity index (χ4n) is 2.81. The van der Waals surface area contributed by atoms with Crippen LogP contribution in [-0.2, 0) is 4.79 Å². The molecule has 1 fully saturated rings. The first kappa shape index (κ1) is 17.8. The van der Waals surface area contributed by atoms with E-state index in [1.807, 2.05) is 6.07 Å². The van der Waals surface area contributed by atoms with Gasteiger partial charge in [-0.25, -0.2) is 13.8 Å². The average molecular weight is 399 g/mol. The van der Waals surface area contributed by atoms with Gasteiger partial charge in [-0.3, -0.25) is 13.8 Å². The number of nitrogens with zero attached hydrogens (tertiary/aromatic N) is 4. The van der Waals surface area contributed by atoms with Crippen LogP contribution in [-0.4, -0.2) is 27.1 Å². The first-order chi connectivity index (χ1) is 13.5. The monoisotopic (exact) mass is 399 g/mol. The van der Waals surface area contributed by atoms with Crippen molar-refractivity contribution in [2.24, 2.45) is 0 Å². The third-order valence-corrected chi connectivity index (χ3v) is 4.92. The Morgan fingerprint density at radius 3 is 2.82 bits per heavy atom. The van der Waals surface area contributed by atoms with E-state index in [-0.39, 0.29) is 40.7 Å². The molecule has 1 saturated heterocycles. The highest BCUT2D eigenvalue weighted by Gasteiger charge is 2.28. The second-order valence-corrected chi connectivity index (χ2v) is 6.75. The second-order valence-electron chi connectivity index (χ2n) is 5.92. The maximum absolute atomic E-state index is 15.1. The molecule has 3 aromatic rings. The zero-order valence-corrected chi connectivity index (χ0v) is 14.9. The zero-order valence-electron chi connectivity index (χ0n) is 14.1. The number of halogens is 2. The van der Waals surface area contributed by atoms with Crippen molar-refractivity contribution < 1.29 is 18.7 Å². The van der Waals surface area contributed by atoms with Gasteiger partial charge < -0.3 is 9.67 Å². The summed E-state index contributed by atoms with van der Waals surface area (Å²) in [5.74, 6) is -1.94. The van der Waals surface area contributed by atoms with E-state index in [1.165, 1.54) is 45.7 Å². The van der Waals surface area contributed by atoms with Gasteiger partial charge in [0.25, 0.3) is 5.91 Å². The number of phenols is 1.